The topological polar surface area (TPSA) is 75.7 Å². The number of fused-ring (bicyclic) bond motifs is 1. The Bertz CT molecular complexity index is 1060. The molecule has 6 nitrogen and oxygen atoms in total. The molecule has 29 heavy (non-hydrogen) atoms. The molecule has 0 bridgehead atoms. The maximum Gasteiger partial charge on any atom is 0.251 e. The number of sulfonamides is 1. The molecule has 0 fully saturated rings. The normalized spacial score (nSPS) is 17.8. The summed E-state index contributed by atoms with van der Waals surface area (Å²) in [6.45, 7) is 7.83. The molecule has 0 saturated heterocycles. The first-order chi connectivity index (χ1) is 13.4. The van der Waals surface area contributed by atoms with Crippen LogP contribution >= 0.6 is 0 Å². The SMILES string of the molecule is Cc1ccc2c(c1)OC(C)(C)C[C@H]2NC(=O)c1ccc(C)c(N(C)S(C)(=O)=O)c1. The lowest BCUT2D eigenvalue weighted by molar-refractivity contribution is 0.0619. The van der Waals surface area contributed by atoms with E-state index in [0.717, 1.165) is 28.7 Å². The number of carbonyl (C=O) groups excluding carboxylic acids is 1. The quantitative estimate of drug-likeness (QED) is 0.824. The summed E-state index contributed by atoms with van der Waals surface area (Å²) in [5, 5.41) is 3.10. The standard InChI is InChI=1S/C22H28N2O4S/c1-14-7-10-17-18(13-22(3,4)28-20(17)11-14)23-21(25)16-9-8-15(2)19(12-16)24(5)29(6,26)27/h7-12,18H,13H2,1-6H3,(H,23,25)/t18-/m1/s1. The van der Waals surface area contributed by atoms with Gasteiger partial charge in [0, 0.05) is 24.6 Å². The fourth-order valence-electron chi connectivity index (χ4n) is 3.60. The average Bonchev–Trinajstić information content (AvgIpc) is 2.59. The Morgan fingerprint density at radius 2 is 1.86 bits per heavy atom. The highest BCUT2D eigenvalue weighted by Gasteiger charge is 2.34. The number of anilines is 1. The number of hydrogen-bond donors (Lipinski definition) is 1. The van der Waals surface area contributed by atoms with E-state index in [1.54, 1.807) is 18.2 Å². The van der Waals surface area contributed by atoms with Crippen LogP contribution in [0.5, 0.6) is 5.75 Å². The third kappa shape index (κ3) is 4.56. The second-order valence-electron chi connectivity index (χ2n) is 8.36. The molecular weight excluding hydrogens is 388 g/mol. The number of nitrogens with zero attached hydrogens (tertiary/aromatic N) is 1. The van der Waals surface area contributed by atoms with Gasteiger partial charge in [-0.05, 0) is 57.0 Å². The third-order valence-electron chi connectivity index (χ3n) is 5.24. The number of carbonyl (C=O) groups is 1. The van der Waals surface area contributed by atoms with Gasteiger partial charge in [-0.3, -0.25) is 9.10 Å². The number of ether oxygens (including phenoxy) is 1. The van der Waals surface area contributed by atoms with Crippen LogP contribution in [0.3, 0.4) is 0 Å². The Balaban J connectivity index is 1.91. The third-order valence-corrected chi connectivity index (χ3v) is 6.43. The number of nitrogens with one attached hydrogen (secondary N) is 1. The summed E-state index contributed by atoms with van der Waals surface area (Å²) in [5.41, 5.74) is 3.32. The van der Waals surface area contributed by atoms with E-state index in [1.807, 2.05) is 45.9 Å². The minimum absolute atomic E-state index is 0.195. The lowest BCUT2D eigenvalue weighted by Gasteiger charge is -2.38. The molecule has 0 aromatic heterocycles. The molecule has 7 heteroatoms. The van der Waals surface area contributed by atoms with E-state index in [9.17, 15) is 13.2 Å². The van der Waals surface area contributed by atoms with Crippen molar-refractivity contribution in [2.75, 3.05) is 17.6 Å². The number of aryl methyl sites for hydroxylation is 2. The average molecular weight is 417 g/mol. The Kier molecular flexibility index (Phi) is 5.38. The van der Waals surface area contributed by atoms with Crippen molar-refractivity contribution in [3.05, 3.63) is 58.7 Å². The van der Waals surface area contributed by atoms with E-state index in [2.05, 4.69) is 5.32 Å². The van der Waals surface area contributed by atoms with Gasteiger partial charge in [0.1, 0.15) is 11.4 Å². The molecule has 1 atom stereocenters. The molecule has 0 saturated carbocycles. The first kappa shape index (κ1) is 21.2. The van der Waals surface area contributed by atoms with Crippen molar-refractivity contribution in [3.63, 3.8) is 0 Å². The lowest BCUT2D eigenvalue weighted by Crippen LogP contribution is -2.41. The van der Waals surface area contributed by atoms with E-state index in [-0.39, 0.29) is 11.9 Å². The Hall–Kier alpha value is -2.54. The first-order valence-electron chi connectivity index (χ1n) is 9.52. The van der Waals surface area contributed by atoms with E-state index in [0.29, 0.717) is 17.7 Å². The molecule has 156 valence electrons. The minimum Gasteiger partial charge on any atom is -0.487 e. The molecule has 1 aliphatic heterocycles. The number of hydrogen-bond acceptors (Lipinski definition) is 4. The highest BCUT2D eigenvalue weighted by atomic mass is 32.2. The van der Waals surface area contributed by atoms with Gasteiger partial charge in [-0.2, -0.15) is 0 Å². The molecule has 3 rings (SSSR count). The zero-order valence-corrected chi connectivity index (χ0v) is 18.6. The molecule has 1 heterocycles. The first-order valence-corrected chi connectivity index (χ1v) is 11.4. The molecule has 0 aliphatic carbocycles. The second-order valence-corrected chi connectivity index (χ2v) is 10.4. The fraction of sp³-hybridized carbons (Fsp3) is 0.409. The number of benzene rings is 2. The van der Waals surface area contributed by atoms with Crippen molar-refractivity contribution < 1.29 is 17.9 Å². The van der Waals surface area contributed by atoms with Crippen molar-refractivity contribution in [1.29, 1.82) is 0 Å². The zero-order chi connectivity index (χ0) is 21.6. The van der Waals surface area contributed by atoms with Crippen LogP contribution in [-0.2, 0) is 10.0 Å². The predicted molar refractivity (Wildman–Crippen MR) is 115 cm³/mol. The fourth-order valence-corrected chi connectivity index (χ4v) is 4.15. The van der Waals surface area contributed by atoms with E-state index >= 15 is 0 Å². The van der Waals surface area contributed by atoms with Gasteiger partial charge in [-0.1, -0.05) is 18.2 Å². The van der Waals surface area contributed by atoms with Crippen LogP contribution < -0.4 is 14.4 Å². The predicted octanol–water partition coefficient (Wildman–Crippen LogP) is 3.73. The van der Waals surface area contributed by atoms with Gasteiger partial charge in [0.05, 0.1) is 18.0 Å². The van der Waals surface area contributed by atoms with Crippen LogP contribution in [0.4, 0.5) is 5.69 Å². The van der Waals surface area contributed by atoms with Crippen LogP contribution in [0, 0.1) is 13.8 Å². The van der Waals surface area contributed by atoms with E-state index in [4.69, 9.17) is 4.74 Å². The molecule has 1 N–H and O–H groups in total. The molecule has 1 amide bonds. The Labute approximate surface area is 172 Å². The van der Waals surface area contributed by atoms with Crippen LogP contribution in [-0.4, -0.2) is 33.2 Å². The second kappa shape index (κ2) is 7.37. The smallest absolute Gasteiger partial charge is 0.251 e. The highest BCUT2D eigenvalue weighted by Crippen LogP contribution is 2.40. The van der Waals surface area contributed by atoms with Crippen LogP contribution in [0.15, 0.2) is 36.4 Å². The van der Waals surface area contributed by atoms with Gasteiger partial charge in [-0.15, -0.1) is 0 Å². The van der Waals surface area contributed by atoms with Crippen LogP contribution in [0.25, 0.3) is 0 Å². The minimum atomic E-state index is -3.42. The van der Waals surface area contributed by atoms with Crippen molar-refractivity contribution in [2.24, 2.45) is 0 Å². The van der Waals surface area contributed by atoms with Gasteiger partial charge in [0.2, 0.25) is 10.0 Å². The summed E-state index contributed by atoms with van der Waals surface area (Å²) in [5.74, 6) is 0.537. The van der Waals surface area contributed by atoms with E-state index < -0.39 is 15.6 Å². The highest BCUT2D eigenvalue weighted by molar-refractivity contribution is 7.92. The monoisotopic (exact) mass is 416 g/mol. The zero-order valence-electron chi connectivity index (χ0n) is 17.7. The summed E-state index contributed by atoms with van der Waals surface area (Å²) in [6, 6.07) is 10.9. The molecule has 1 aliphatic rings. The lowest BCUT2D eigenvalue weighted by atomic mass is 9.89. The van der Waals surface area contributed by atoms with Gasteiger partial charge in [-0.25, -0.2) is 8.42 Å². The summed E-state index contributed by atoms with van der Waals surface area (Å²) in [6.07, 6.45) is 1.78. The molecule has 2 aromatic rings. The molecule has 0 unspecified atom stereocenters. The summed E-state index contributed by atoms with van der Waals surface area (Å²) < 4.78 is 31.1. The molecule has 2 aromatic carbocycles. The van der Waals surface area contributed by atoms with Crippen molar-refractivity contribution in [3.8, 4) is 5.75 Å². The van der Waals surface area contributed by atoms with Crippen molar-refractivity contribution >= 4 is 21.6 Å². The van der Waals surface area contributed by atoms with Crippen molar-refractivity contribution in [2.45, 2.75) is 45.8 Å². The Morgan fingerprint density at radius 1 is 1.17 bits per heavy atom. The summed E-state index contributed by atoms with van der Waals surface area (Å²) >= 11 is 0. The van der Waals surface area contributed by atoms with E-state index in [1.165, 1.54) is 11.4 Å². The van der Waals surface area contributed by atoms with Crippen molar-refractivity contribution in [1.82, 2.24) is 5.32 Å². The Morgan fingerprint density at radius 3 is 2.52 bits per heavy atom. The maximum atomic E-state index is 13.0. The van der Waals surface area contributed by atoms with Crippen LogP contribution in [0.1, 0.15) is 53.4 Å². The number of amides is 1. The molecule has 0 radical (unpaired) electrons. The van der Waals surface area contributed by atoms with Gasteiger partial charge < -0.3 is 10.1 Å². The van der Waals surface area contributed by atoms with Gasteiger partial charge in [0.25, 0.3) is 5.91 Å². The van der Waals surface area contributed by atoms with Gasteiger partial charge in [0.15, 0.2) is 0 Å². The van der Waals surface area contributed by atoms with Crippen LogP contribution in [0.2, 0.25) is 0 Å². The molecule has 0 spiro atoms. The molecular formula is C22H28N2O4S. The summed E-state index contributed by atoms with van der Waals surface area (Å²) in [4.78, 5) is 13.0. The maximum absolute atomic E-state index is 13.0. The summed E-state index contributed by atoms with van der Waals surface area (Å²) in [7, 11) is -1.94. The largest absolute Gasteiger partial charge is 0.487 e. The number of rotatable bonds is 4. The van der Waals surface area contributed by atoms with Gasteiger partial charge >= 0.3 is 0 Å².